The van der Waals surface area contributed by atoms with Crippen molar-refractivity contribution in [3.05, 3.63) is 0 Å². The van der Waals surface area contributed by atoms with Crippen molar-refractivity contribution in [1.29, 1.82) is 0 Å². The van der Waals surface area contributed by atoms with Crippen LogP contribution in [0.4, 0.5) is 0 Å². The summed E-state index contributed by atoms with van der Waals surface area (Å²) in [5.41, 5.74) is 6.75. The van der Waals surface area contributed by atoms with Gasteiger partial charge in [0.05, 0.1) is 0 Å². The summed E-state index contributed by atoms with van der Waals surface area (Å²) in [4.78, 5) is 0. The van der Waals surface area contributed by atoms with Crippen molar-refractivity contribution in [3.8, 4) is 0 Å². The standard InChI is InChI=1S/C13H25N/c1-3-10(2)13(14)8-4-5-12(9-13)11-6-7-11/h10-12H,3-9,14H2,1-2H3. The molecule has 0 aromatic rings. The van der Waals surface area contributed by atoms with Crippen molar-refractivity contribution in [2.75, 3.05) is 0 Å². The van der Waals surface area contributed by atoms with E-state index in [9.17, 15) is 0 Å². The third-order valence-corrected chi connectivity index (χ3v) is 4.74. The summed E-state index contributed by atoms with van der Waals surface area (Å²) >= 11 is 0. The van der Waals surface area contributed by atoms with E-state index < -0.39 is 0 Å². The molecular weight excluding hydrogens is 170 g/mol. The summed E-state index contributed by atoms with van der Waals surface area (Å²) in [6, 6.07) is 0. The second-order valence-corrected chi connectivity index (χ2v) is 5.74. The van der Waals surface area contributed by atoms with Gasteiger partial charge in [-0.15, -0.1) is 0 Å². The summed E-state index contributed by atoms with van der Waals surface area (Å²) < 4.78 is 0. The number of hydrogen-bond donors (Lipinski definition) is 1. The van der Waals surface area contributed by atoms with Crippen LogP contribution in [0.15, 0.2) is 0 Å². The molecule has 0 saturated heterocycles. The fourth-order valence-electron chi connectivity index (χ4n) is 3.21. The first-order chi connectivity index (χ1) is 6.65. The van der Waals surface area contributed by atoms with Gasteiger partial charge in [0, 0.05) is 5.54 Å². The molecule has 3 atom stereocenters. The third-order valence-electron chi connectivity index (χ3n) is 4.74. The van der Waals surface area contributed by atoms with Gasteiger partial charge in [-0.05, 0) is 43.4 Å². The lowest BCUT2D eigenvalue weighted by Crippen LogP contribution is -2.49. The Morgan fingerprint density at radius 3 is 2.57 bits per heavy atom. The van der Waals surface area contributed by atoms with E-state index in [1.54, 1.807) is 0 Å². The first-order valence-corrected chi connectivity index (χ1v) is 6.44. The van der Waals surface area contributed by atoms with E-state index in [0.29, 0.717) is 5.92 Å². The van der Waals surface area contributed by atoms with Crippen molar-refractivity contribution in [3.63, 3.8) is 0 Å². The molecule has 1 nitrogen and oxygen atoms in total. The van der Waals surface area contributed by atoms with Gasteiger partial charge in [0.1, 0.15) is 0 Å². The molecule has 0 spiro atoms. The van der Waals surface area contributed by atoms with Crippen LogP contribution < -0.4 is 5.73 Å². The van der Waals surface area contributed by atoms with E-state index in [2.05, 4.69) is 13.8 Å². The maximum Gasteiger partial charge on any atom is 0.0182 e. The van der Waals surface area contributed by atoms with Gasteiger partial charge in [0.25, 0.3) is 0 Å². The van der Waals surface area contributed by atoms with Gasteiger partial charge >= 0.3 is 0 Å². The zero-order valence-corrected chi connectivity index (χ0v) is 9.76. The summed E-state index contributed by atoms with van der Waals surface area (Å²) in [6.45, 7) is 4.62. The molecule has 3 unspecified atom stereocenters. The Labute approximate surface area is 88.4 Å². The number of hydrogen-bond acceptors (Lipinski definition) is 1. The predicted octanol–water partition coefficient (Wildman–Crippen LogP) is 3.33. The topological polar surface area (TPSA) is 26.0 Å². The second-order valence-electron chi connectivity index (χ2n) is 5.74. The molecule has 0 aromatic heterocycles. The van der Waals surface area contributed by atoms with Crippen LogP contribution in [0.1, 0.15) is 58.8 Å². The minimum Gasteiger partial charge on any atom is -0.325 e. The highest BCUT2D eigenvalue weighted by Gasteiger charge is 2.41. The Balaban J connectivity index is 1.97. The van der Waals surface area contributed by atoms with Crippen LogP contribution in [0, 0.1) is 17.8 Å². The first kappa shape index (κ1) is 10.5. The normalized spacial score (nSPS) is 40.9. The average molecular weight is 195 g/mol. The fourth-order valence-corrected chi connectivity index (χ4v) is 3.21. The largest absolute Gasteiger partial charge is 0.325 e. The molecule has 2 N–H and O–H groups in total. The van der Waals surface area contributed by atoms with Crippen molar-refractivity contribution in [2.45, 2.75) is 64.3 Å². The monoisotopic (exact) mass is 195 g/mol. The van der Waals surface area contributed by atoms with Gasteiger partial charge in [0.15, 0.2) is 0 Å². The fraction of sp³-hybridized carbons (Fsp3) is 1.00. The van der Waals surface area contributed by atoms with Crippen molar-refractivity contribution in [2.24, 2.45) is 23.5 Å². The molecule has 82 valence electrons. The predicted molar refractivity (Wildman–Crippen MR) is 61.1 cm³/mol. The Morgan fingerprint density at radius 1 is 1.29 bits per heavy atom. The molecule has 0 radical (unpaired) electrons. The van der Waals surface area contributed by atoms with E-state index in [0.717, 1.165) is 11.8 Å². The van der Waals surface area contributed by atoms with E-state index in [-0.39, 0.29) is 5.54 Å². The van der Waals surface area contributed by atoms with Crippen molar-refractivity contribution < 1.29 is 0 Å². The molecular formula is C13H25N. The molecule has 1 heteroatoms. The van der Waals surface area contributed by atoms with E-state index in [4.69, 9.17) is 5.73 Å². The molecule has 14 heavy (non-hydrogen) atoms. The summed E-state index contributed by atoms with van der Waals surface area (Å²) in [7, 11) is 0. The molecule has 2 aliphatic carbocycles. The Bertz CT molecular complexity index is 197. The molecule has 0 amide bonds. The minimum absolute atomic E-state index is 0.181. The SMILES string of the molecule is CCC(C)C1(N)CCCC(C2CC2)C1. The highest BCUT2D eigenvalue weighted by Crippen LogP contribution is 2.47. The average Bonchev–Trinajstić information content (AvgIpc) is 3.00. The van der Waals surface area contributed by atoms with Crippen LogP contribution in [0.5, 0.6) is 0 Å². The lowest BCUT2D eigenvalue weighted by Gasteiger charge is -2.42. The van der Waals surface area contributed by atoms with Gasteiger partial charge in [0.2, 0.25) is 0 Å². The van der Waals surface area contributed by atoms with Crippen molar-refractivity contribution >= 4 is 0 Å². The van der Waals surface area contributed by atoms with E-state index >= 15 is 0 Å². The maximum atomic E-state index is 6.57. The molecule has 2 aliphatic rings. The molecule has 2 fully saturated rings. The van der Waals surface area contributed by atoms with Gasteiger partial charge < -0.3 is 5.73 Å². The van der Waals surface area contributed by atoms with Gasteiger partial charge in [-0.3, -0.25) is 0 Å². The Hall–Kier alpha value is -0.0400. The van der Waals surface area contributed by atoms with Crippen molar-refractivity contribution in [1.82, 2.24) is 0 Å². The van der Waals surface area contributed by atoms with Crippen LogP contribution in [0.3, 0.4) is 0 Å². The smallest absolute Gasteiger partial charge is 0.0182 e. The van der Waals surface area contributed by atoms with Gasteiger partial charge in [-0.2, -0.15) is 0 Å². The molecule has 0 aliphatic heterocycles. The molecule has 0 heterocycles. The second kappa shape index (κ2) is 3.84. The van der Waals surface area contributed by atoms with Gasteiger partial charge in [-0.25, -0.2) is 0 Å². The molecule has 2 rings (SSSR count). The highest BCUT2D eigenvalue weighted by atomic mass is 14.8. The molecule has 0 bridgehead atoms. The van der Waals surface area contributed by atoms with Crippen LogP contribution in [-0.4, -0.2) is 5.54 Å². The Kier molecular flexibility index (Phi) is 2.88. The lowest BCUT2D eigenvalue weighted by atomic mass is 9.68. The van der Waals surface area contributed by atoms with E-state index in [1.807, 2.05) is 0 Å². The summed E-state index contributed by atoms with van der Waals surface area (Å²) in [6.07, 6.45) is 9.64. The summed E-state index contributed by atoms with van der Waals surface area (Å²) in [5.74, 6) is 2.74. The highest BCUT2D eigenvalue weighted by molar-refractivity contribution is 4.97. The number of rotatable bonds is 3. The third kappa shape index (κ3) is 1.98. The quantitative estimate of drug-likeness (QED) is 0.734. The van der Waals surface area contributed by atoms with Crippen LogP contribution in [0.2, 0.25) is 0 Å². The van der Waals surface area contributed by atoms with Crippen LogP contribution >= 0.6 is 0 Å². The zero-order chi connectivity index (χ0) is 10.2. The maximum absolute atomic E-state index is 6.57. The van der Waals surface area contributed by atoms with Crippen LogP contribution in [-0.2, 0) is 0 Å². The molecule has 0 aromatic carbocycles. The van der Waals surface area contributed by atoms with Crippen LogP contribution in [0.25, 0.3) is 0 Å². The number of nitrogens with two attached hydrogens (primary N) is 1. The zero-order valence-electron chi connectivity index (χ0n) is 9.76. The minimum atomic E-state index is 0.181. The van der Waals surface area contributed by atoms with Gasteiger partial charge in [-0.1, -0.05) is 33.1 Å². The summed E-state index contributed by atoms with van der Waals surface area (Å²) in [5, 5.41) is 0. The first-order valence-electron chi connectivity index (χ1n) is 6.44. The lowest BCUT2D eigenvalue weighted by molar-refractivity contribution is 0.146. The molecule has 2 saturated carbocycles. The Morgan fingerprint density at radius 2 is 2.00 bits per heavy atom. The van der Waals surface area contributed by atoms with E-state index in [1.165, 1.54) is 44.9 Å².